The van der Waals surface area contributed by atoms with Crippen molar-refractivity contribution in [3.05, 3.63) is 82.3 Å². The quantitative estimate of drug-likeness (QED) is 0.571. The van der Waals surface area contributed by atoms with Gasteiger partial charge in [0.15, 0.2) is 5.96 Å². The molecule has 0 amide bonds. The number of nitrogens with one attached hydrogen (secondary N) is 1. The highest BCUT2D eigenvalue weighted by Gasteiger charge is 2.34. The van der Waals surface area contributed by atoms with Crippen LogP contribution in [0.1, 0.15) is 29.7 Å². The van der Waals surface area contributed by atoms with Crippen molar-refractivity contribution in [2.75, 3.05) is 14.2 Å². The van der Waals surface area contributed by atoms with Crippen molar-refractivity contribution in [1.82, 2.24) is 10.2 Å². The summed E-state index contributed by atoms with van der Waals surface area (Å²) in [6, 6.07) is 9.85. The van der Waals surface area contributed by atoms with Gasteiger partial charge in [-0.05, 0) is 42.3 Å². The van der Waals surface area contributed by atoms with E-state index in [-0.39, 0.29) is 6.54 Å². The number of hydrogen-bond acceptors (Lipinski definition) is 3. The van der Waals surface area contributed by atoms with Gasteiger partial charge < -0.3 is 15.0 Å². The summed E-state index contributed by atoms with van der Waals surface area (Å²) >= 11 is 0. The summed E-state index contributed by atoms with van der Waals surface area (Å²) in [5.74, 6) is -0.629. The predicted octanol–water partition coefficient (Wildman–Crippen LogP) is 4.42. The molecule has 1 N–H and O–H groups in total. The number of guanidine groups is 1. The van der Waals surface area contributed by atoms with Gasteiger partial charge in [0, 0.05) is 12.7 Å². The minimum Gasteiger partial charge on any atom is -0.466 e. The van der Waals surface area contributed by atoms with E-state index in [0.29, 0.717) is 28.4 Å². The number of benzene rings is 2. The second kappa shape index (κ2) is 8.79. The Kier molecular flexibility index (Phi) is 6.33. The number of aliphatic imine (C=N–C) groups is 1. The van der Waals surface area contributed by atoms with Crippen molar-refractivity contribution in [3.8, 4) is 0 Å². The molecule has 0 saturated heterocycles. The largest absolute Gasteiger partial charge is 0.466 e. The fourth-order valence-electron chi connectivity index (χ4n) is 3.28. The number of methoxy groups -OCH3 is 1. The molecule has 31 heavy (non-hydrogen) atoms. The van der Waals surface area contributed by atoms with Gasteiger partial charge in [-0.25, -0.2) is 14.2 Å². The zero-order chi connectivity index (χ0) is 22.8. The van der Waals surface area contributed by atoms with Crippen LogP contribution in [0.5, 0.6) is 0 Å². The third-order valence-corrected chi connectivity index (χ3v) is 5.05. The molecule has 1 unspecified atom stereocenters. The van der Waals surface area contributed by atoms with Crippen LogP contribution < -0.4 is 5.32 Å². The number of allylic oxidation sites excluding steroid dienone is 1. The van der Waals surface area contributed by atoms with Crippen LogP contribution in [-0.4, -0.2) is 31.0 Å². The van der Waals surface area contributed by atoms with Crippen molar-refractivity contribution in [1.29, 1.82) is 0 Å². The Morgan fingerprint density at radius 1 is 1.19 bits per heavy atom. The maximum absolute atomic E-state index is 13.8. The van der Waals surface area contributed by atoms with Crippen LogP contribution in [0.15, 0.2) is 64.8 Å². The zero-order valence-corrected chi connectivity index (χ0v) is 17.1. The number of carbonyl (C=O) groups is 1. The summed E-state index contributed by atoms with van der Waals surface area (Å²) in [4.78, 5) is 18.5. The van der Waals surface area contributed by atoms with E-state index in [1.807, 2.05) is 0 Å². The van der Waals surface area contributed by atoms with Crippen molar-refractivity contribution in [3.63, 3.8) is 0 Å². The van der Waals surface area contributed by atoms with Crippen molar-refractivity contribution in [2.45, 2.75) is 25.7 Å². The molecule has 2 aromatic carbocycles. The van der Waals surface area contributed by atoms with Crippen LogP contribution in [0.25, 0.3) is 0 Å². The lowest BCUT2D eigenvalue weighted by Crippen LogP contribution is -2.47. The fourth-order valence-corrected chi connectivity index (χ4v) is 3.28. The molecule has 3 rings (SSSR count). The highest BCUT2D eigenvalue weighted by molar-refractivity contribution is 5.96. The molecule has 0 spiro atoms. The van der Waals surface area contributed by atoms with E-state index in [2.05, 4.69) is 10.3 Å². The third kappa shape index (κ3) is 4.87. The van der Waals surface area contributed by atoms with E-state index in [4.69, 9.17) is 4.74 Å². The molecule has 1 aliphatic rings. The Bertz CT molecular complexity index is 1030. The monoisotopic (exact) mass is 435 g/mol. The summed E-state index contributed by atoms with van der Waals surface area (Å²) in [7, 11) is 2.96. The molecule has 2 aromatic rings. The Morgan fingerprint density at radius 2 is 1.87 bits per heavy atom. The summed E-state index contributed by atoms with van der Waals surface area (Å²) in [5, 5.41) is 3.12. The average Bonchev–Trinajstić information content (AvgIpc) is 2.73. The molecule has 1 aliphatic heterocycles. The number of carbonyl (C=O) groups excluding carboxylic acids is 1. The van der Waals surface area contributed by atoms with Gasteiger partial charge in [0.1, 0.15) is 5.82 Å². The molecule has 9 heteroatoms. The first kappa shape index (κ1) is 22.3. The molecule has 1 atom stereocenters. The number of esters is 1. The molecular weight excluding hydrogens is 414 g/mol. The van der Waals surface area contributed by atoms with Gasteiger partial charge in [0.2, 0.25) is 0 Å². The van der Waals surface area contributed by atoms with Gasteiger partial charge in [0.25, 0.3) is 0 Å². The van der Waals surface area contributed by atoms with Crippen LogP contribution in [0.3, 0.4) is 0 Å². The van der Waals surface area contributed by atoms with Gasteiger partial charge in [0.05, 0.1) is 30.8 Å². The van der Waals surface area contributed by atoms with Crippen LogP contribution in [0.2, 0.25) is 0 Å². The summed E-state index contributed by atoms with van der Waals surface area (Å²) < 4.78 is 56.9. The van der Waals surface area contributed by atoms with E-state index >= 15 is 0 Å². The number of nitrogens with zero attached hydrogens (tertiary/aromatic N) is 2. The van der Waals surface area contributed by atoms with Crippen LogP contribution in [0.4, 0.5) is 17.6 Å². The molecular formula is C22H21F4N3O2. The molecule has 0 radical (unpaired) electrons. The van der Waals surface area contributed by atoms with Crippen molar-refractivity contribution >= 4 is 11.9 Å². The number of ether oxygens (including phenoxy) is 1. The number of rotatable bonds is 4. The zero-order valence-electron chi connectivity index (χ0n) is 17.1. The van der Waals surface area contributed by atoms with Gasteiger partial charge in [-0.2, -0.15) is 13.2 Å². The Labute approximate surface area is 177 Å². The average molecular weight is 435 g/mol. The highest BCUT2D eigenvalue weighted by Crippen LogP contribution is 2.31. The topological polar surface area (TPSA) is 53.9 Å². The Balaban J connectivity index is 1.93. The second-order valence-corrected chi connectivity index (χ2v) is 7.02. The molecule has 0 fully saturated rings. The molecule has 0 aliphatic carbocycles. The molecule has 1 heterocycles. The fraction of sp³-hybridized carbons (Fsp3) is 0.273. The van der Waals surface area contributed by atoms with E-state index in [9.17, 15) is 22.4 Å². The van der Waals surface area contributed by atoms with Gasteiger partial charge in [-0.3, -0.25) is 0 Å². The maximum Gasteiger partial charge on any atom is 0.416 e. The van der Waals surface area contributed by atoms with E-state index < -0.39 is 29.6 Å². The molecule has 0 saturated carbocycles. The van der Waals surface area contributed by atoms with Gasteiger partial charge in [-0.1, -0.05) is 24.3 Å². The van der Waals surface area contributed by atoms with Crippen LogP contribution >= 0.6 is 0 Å². The van der Waals surface area contributed by atoms with Crippen molar-refractivity contribution < 1.29 is 27.1 Å². The molecule has 164 valence electrons. The maximum atomic E-state index is 13.8. The van der Waals surface area contributed by atoms with Gasteiger partial charge >= 0.3 is 12.1 Å². The Morgan fingerprint density at radius 3 is 2.45 bits per heavy atom. The standard InChI is InChI=1S/C22H21F4N3O2/c1-13-18(20(30)31-3)19(15-5-4-6-17(23)11-15)28-21(29(13)2)27-12-14-7-9-16(10-8-14)22(24,25)26/h4-11,19H,12H2,1-3H3,(H,27,28). The van der Waals surface area contributed by atoms with Crippen LogP contribution in [0, 0.1) is 5.82 Å². The second-order valence-electron chi connectivity index (χ2n) is 7.02. The number of hydrogen-bond donors (Lipinski definition) is 1. The SMILES string of the molecule is COC(=O)C1=C(C)N(C)C(=NCc2ccc(C(F)(F)F)cc2)NC1c1cccc(F)c1. The smallest absolute Gasteiger partial charge is 0.416 e. The molecule has 0 bridgehead atoms. The van der Waals surface area contributed by atoms with Crippen LogP contribution in [-0.2, 0) is 22.3 Å². The van der Waals surface area contributed by atoms with Crippen molar-refractivity contribution in [2.24, 2.45) is 4.99 Å². The van der Waals surface area contributed by atoms with Gasteiger partial charge in [-0.15, -0.1) is 0 Å². The van der Waals surface area contributed by atoms with E-state index in [0.717, 1.165) is 12.1 Å². The number of halogens is 4. The normalized spacial score (nSPS) is 18.2. The predicted molar refractivity (Wildman–Crippen MR) is 107 cm³/mol. The minimum atomic E-state index is -4.40. The lowest BCUT2D eigenvalue weighted by Gasteiger charge is -2.35. The molecule has 5 nitrogen and oxygen atoms in total. The first-order chi connectivity index (χ1) is 14.6. The van der Waals surface area contributed by atoms with E-state index in [1.54, 1.807) is 24.9 Å². The first-order valence-electron chi connectivity index (χ1n) is 9.37. The third-order valence-electron chi connectivity index (χ3n) is 5.05. The molecule has 0 aromatic heterocycles. The highest BCUT2D eigenvalue weighted by atomic mass is 19.4. The Hall–Kier alpha value is -3.36. The number of alkyl halides is 3. The minimum absolute atomic E-state index is 0.113. The van der Waals surface area contributed by atoms with E-state index in [1.165, 1.54) is 37.4 Å². The lowest BCUT2D eigenvalue weighted by atomic mass is 9.95. The first-order valence-corrected chi connectivity index (χ1v) is 9.37. The lowest BCUT2D eigenvalue weighted by molar-refractivity contribution is -0.138. The summed E-state index contributed by atoms with van der Waals surface area (Å²) in [6.07, 6.45) is -4.40. The summed E-state index contributed by atoms with van der Waals surface area (Å²) in [6.45, 7) is 1.83. The summed E-state index contributed by atoms with van der Waals surface area (Å²) in [5.41, 5.74) is 1.23.